The van der Waals surface area contributed by atoms with Gasteiger partial charge in [-0.1, -0.05) is 12.8 Å². The Hall–Kier alpha value is -0.610. The van der Waals surface area contributed by atoms with Gasteiger partial charge in [-0.15, -0.1) is 0 Å². The molecule has 1 aliphatic heterocycles. The van der Waals surface area contributed by atoms with E-state index in [-0.39, 0.29) is 12.1 Å². The molecule has 4 nitrogen and oxygen atoms in total. The SMILES string of the molecule is COC1CCN(C(=O)C2C3CCCCC32)C(CN)C1. The van der Waals surface area contributed by atoms with Gasteiger partial charge in [0, 0.05) is 32.2 Å². The molecule has 1 amide bonds. The predicted octanol–water partition coefficient (Wildman–Crippen LogP) is 1.39. The van der Waals surface area contributed by atoms with Crippen molar-refractivity contribution < 1.29 is 9.53 Å². The minimum atomic E-state index is 0.189. The number of nitrogens with zero attached hydrogens (tertiary/aromatic N) is 1. The van der Waals surface area contributed by atoms with E-state index in [1.165, 1.54) is 25.7 Å². The van der Waals surface area contributed by atoms with Crippen molar-refractivity contribution >= 4 is 5.91 Å². The van der Waals surface area contributed by atoms with E-state index in [0.717, 1.165) is 19.4 Å². The summed E-state index contributed by atoms with van der Waals surface area (Å²) in [5, 5.41) is 0. The number of ether oxygens (including phenoxy) is 1. The second-order valence-corrected chi connectivity index (χ2v) is 6.44. The maximum Gasteiger partial charge on any atom is 0.226 e. The highest BCUT2D eigenvalue weighted by molar-refractivity contribution is 5.83. The van der Waals surface area contributed by atoms with Crippen molar-refractivity contribution in [1.82, 2.24) is 4.90 Å². The number of carbonyl (C=O) groups excluding carboxylic acids is 1. The van der Waals surface area contributed by atoms with Crippen molar-refractivity contribution in [1.29, 1.82) is 0 Å². The van der Waals surface area contributed by atoms with Crippen molar-refractivity contribution in [2.24, 2.45) is 23.5 Å². The Bertz CT molecular complexity index is 335. The van der Waals surface area contributed by atoms with Gasteiger partial charge in [0.1, 0.15) is 0 Å². The molecule has 0 bridgehead atoms. The Labute approximate surface area is 115 Å². The first-order chi connectivity index (χ1) is 9.26. The number of hydrogen-bond acceptors (Lipinski definition) is 3. The molecule has 3 rings (SSSR count). The third-order valence-corrected chi connectivity index (χ3v) is 5.50. The molecule has 3 aliphatic rings. The van der Waals surface area contributed by atoms with Crippen LogP contribution in [0.2, 0.25) is 0 Å². The van der Waals surface area contributed by atoms with Gasteiger partial charge in [0.25, 0.3) is 0 Å². The number of methoxy groups -OCH3 is 1. The fraction of sp³-hybridized carbons (Fsp3) is 0.933. The van der Waals surface area contributed by atoms with Crippen LogP contribution < -0.4 is 5.73 Å². The van der Waals surface area contributed by atoms with E-state index in [1.54, 1.807) is 7.11 Å². The number of carbonyl (C=O) groups is 1. The number of likely N-dealkylation sites (tertiary alicyclic amines) is 1. The molecule has 4 heteroatoms. The molecular weight excluding hydrogens is 240 g/mol. The first kappa shape index (κ1) is 13.4. The van der Waals surface area contributed by atoms with Gasteiger partial charge in [0.05, 0.1) is 6.10 Å². The predicted molar refractivity (Wildman–Crippen MR) is 73.5 cm³/mol. The van der Waals surface area contributed by atoms with Crippen LogP contribution in [0.15, 0.2) is 0 Å². The Morgan fingerprint density at radius 2 is 1.95 bits per heavy atom. The molecule has 1 heterocycles. The fourth-order valence-electron chi connectivity index (χ4n) is 4.29. The van der Waals surface area contributed by atoms with E-state index in [1.807, 2.05) is 0 Å². The van der Waals surface area contributed by atoms with Gasteiger partial charge in [-0.25, -0.2) is 0 Å². The second-order valence-electron chi connectivity index (χ2n) is 6.44. The van der Waals surface area contributed by atoms with Crippen LogP contribution in [0.1, 0.15) is 38.5 Å². The monoisotopic (exact) mass is 266 g/mol. The molecule has 0 radical (unpaired) electrons. The number of piperidine rings is 1. The summed E-state index contributed by atoms with van der Waals surface area (Å²) in [6.45, 7) is 1.39. The lowest BCUT2D eigenvalue weighted by Crippen LogP contribution is -2.51. The van der Waals surface area contributed by atoms with E-state index in [2.05, 4.69) is 4.90 Å². The zero-order chi connectivity index (χ0) is 13.4. The lowest BCUT2D eigenvalue weighted by atomic mass is 9.98. The standard InChI is InChI=1S/C15H26N2O2/c1-19-11-6-7-17(10(8-11)9-16)15(18)14-12-4-2-3-5-13(12)14/h10-14H,2-9,16H2,1H3. The number of nitrogens with two attached hydrogens (primary N) is 1. The van der Waals surface area contributed by atoms with E-state index in [4.69, 9.17) is 10.5 Å². The second kappa shape index (κ2) is 5.41. The molecule has 0 aromatic rings. The Morgan fingerprint density at radius 1 is 1.26 bits per heavy atom. The molecule has 2 saturated carbocycles. The van der Waals surface area contributed by atoms with Crippen molar-refractivity contribution in [2.45, 2.75) is 50.7 Å². The summed E-state index contributed by atoms with van der Waals surface area (Å²) in [7, 11) is 1.76. The molecule has 108 valence electrons. The summed E-state index contributed by atoms with van der Waals surface area (Å²) in [6, 6.07) is 0.189. The summed E-state index contributed by atoms with van der Waals surface area (Å²) in [4.78, 5) is 14.8. The van der Waals surface area contributed by atoms with E-state index < -0.39 is 0 Å². The smallest absolute Gasteiger partial charge is 0.226 e. The van der Waals surface area contributed by atoms with Crippen molar-refractivity contribution in [3.05, 3.63) is 0 Å². The van der Waals surface area contributed by atoms with Gasteiger partial charge >= 0.3 is 0 Å². The third kappa shape index (κ3) is 2.40. The molecule has 0 aromatic carbocycles. The van der Waals surface area contributed by atoms with Gasteiger partial charge in [-0.2, -0.15) is 0 Å². The molecular formula is C15H26N2O2. The summed E-state index contributed by atoms with van der Waals surface area (Å²) in [5.41, 5.74) is 5.87. The van der Waals surface area contributed by atoms with Crippen LogP contribution in [0.3, 0.4) is 0 Å². The van der Waals surface area contributed by atoms with E-state index >= 15 is 0 Å². The molecule has 0 spiro atoms. The molecule has 3 fully saturated rings. The Balaban J connectivity index is 1.63. The normalized spacial score (nSPS) is 41.8. The average Bonchev–Trinajstić information content (AvgIpc) is 3.20. The van der Waals surface area contributed by atoms with Crippen LogP contribution in [0.4, 0.5) is 0 Å². The van der Waals surface area contributed by atoms with Gasteiger partial charge in [-0.05, 0) is 37.5 Å². The molecule has 19 heavy (non-hydrogen) atoms. The average molecular weight is 266 g/mol. The molecule has 2 aliphatic carbocycles. The molecule has 0 aromatic heterocycles. The van der Waals surface area contributed by atoms with Gasteiger partial charge < -0.3 is 15.4 Å². The Kier molecular flexibility index (Phi) is 3.81. The van der Waals surface area contributed by atoms with Gasteiger partial charge in [0.15, 0.2) is 0 Å². The third-order valence-electron chi connectivity index (χ3n) is 5.50. The molecule has 4 atom stereocenters. The zero-order valence-corrected chi connectivity index (χ0v) is 11.9. The van der Waals surface area contributed by atoms with Crippen molar-refractivity contribution in [3.63, 3.8) is 0 Å². The zero-order valence-electron chi connectivity index (χ0n) is 11.9. The number of hydrogen-bond donors (Lipinski definition) is 1. The minimum absolute atomic E-state index is 0.189. The summed E-state index contributed by atoms with van der Waals surface area (Å²) < 4.78 is 5.43. The number of fused-ring (bicyclic) bond motifs is 1. The van der Waals surface area contributed by atoms with Crippen molar-refractivity contribution in [3.8, 4) is 0 Å². The minimum Gasteiger partial charge on any atom is -0.381 e. The van der Waals surface area contributed by atoms with Crippen molar-refractivity contribution in [2.75, 3.05) is 20.2 Å². The van der Waals surface area contributed by atoms with E-state index in [0.29, 0.717) is 30.2 Å². The lowest BCUT2D eigenvalue weighted by molar-refractivity contribution is -0.138. The highest BCUT2D eigenvalue weighted by atomic mass is 16.5. The lowest BCUT2D eigenvalue weighted by Gasteiger charge is -2.38. The first-order valence-corrected chi connectivity index (χ1v) is 7.79. The highest BCUT2D eigenvalue weighted by Crippen LogP contribution is 2.56. The summed E-state index contributed by atoms with van der Waals surface area (Å²) >= 11 is 0. The first-order valence-electron chi connectivity index (χ1n) is 7.79. The van der Waals surface area contributed by atoms with Crippen LogP contribution in [0.5, 0.6) is 0 Å². The number of amides is 1. The van der Waals surface area contributed by atoms with Crippen LogP contribution in [0.25, 0.3) is 0 Å². The molecule has 1 saturated heterocycles. The summed E-state index contributed by atoms with van der Waals surface area (Å²) in [5.74, 6) is 2.11. The van der Waals surface area contributed by atoms with Gasteiger partial charge in [0.2, 0.25) is 5.91 Å². The fourth-order valence-corrected chi connectivity index (χ4v) is 4.29. The van der Waals surface area contributed by atoms with Crippen LogP contribution in [-0.4, -0.2) is 43.2 Å². The van der Waals surface area contributed by atoms with E-state index in [9.17, 15) is 4.79 Å². The largest absolute Gasteiger partial charge is 0.381 e. The van der Waals surface area contributed by atoms with Crippen LogP contribution in [-0.2, 0) is 9.53 Å². The summed E-state index contributed by atoms with van der Waals surface area (Å²) in [6.07, 6.45) is 7.31. The topological polar surface area (TPSA) is 55.6 Å². The maximum atomic E-state index is 12.7. The van der Waals surface area contributed by atoms with Crippen LogP contribution in [0, 0.1) is 17.8 Å². The van der Waals surface area contributed by atoms with Crippen LogP contribution >= 0.6 is 0 Å². The molecule has 2 N–H and O–H groups in total. The number of rotatable bonds is 3. The highest BCUT2D eigenvalue weighted by Gasteiger charge is 2.56. The Morgan fingerprint density at radius 3 is 2.53 bits per heavy atom. The quantitative estimate of drug-likeness (QED) is 0.840. The maximum absolute atomic E-state index is 12.7. The van der Waals surface area contributed by atoms with Gasteiger partial charge in [-0.3, -0.25) is 4.79 Å². The molecule has 4 unspecified atom stereocenters.